The number of amides is 1. The number of rotatable bonds is 4. The molecule has 1 amide bonds. The number of nitrogens with zero attached hydrogens (tertiary/aromatic N) is 1. The molecule has 0 aromatic carbocycles. The summed E-state index contributed by atoms with van der Waals surface area (Å²) in [5.41, 5.74) is -1.94. The first-order valence-electron chi connectivity index (χ1n) is 5.42. The highest BCUT2D eigenvalue weighted by molar-refractivity contribution is 6.08. The molecule has 6 nitrogen and oxygen atoms in total. The van der Waals surface area contributed by atoms with Crippen LogP contribution >= 0.6 is 0 Å². The molecule has 0 saturated carbocycles. The summed E-state index contributed by atoms with van der Waals surface area (Å²) in [4.78, 5) is 22.6. The monoisotopic (exact) mass is 282 g/mol. The summed E-state index contributed by atoms with van der Waals surface area (Å²) < 4.78 is 43.4. The zero-order valence-corrected chi connectivity index (χ0v) is 10.2. The van der Waals surface area contributed by atoms with Gasteiger partial charge in [0, 0.05) is 0 Å². The molecule has 108 valence electrons. The quantitative estimate of drug-likeness (QED) is 0.728. The van der Waals surface area contributed by atoms with Crippen LogP contribution in [0, 0.1) is 5.92 Å². The first kappa shape index (κ1) is 15.4. The van der Waals surface area contributed by atoms with E-state index in [1.165, 1.54) is 6.92 Å². The van der Waals surface area contributed by atoms with E-state index >= 15 is 0 Å². The number of carbonyl (C=O) groups is 2. The minimum atomic E-state index is -5.18. The Morgan fingerprint density at radius 1 is 1.53 bits per heavy atom. The van der Waals surface area contributed by atoms with Gasteiger partial charge >= 0.3 is 12.1 Å². The van der Waals surface area contributed by atoms with Gasteiger partial charge in [-0.3, -0.25) is 9.59 Å². The maximum Gasteiger partial charge on any atom is 0.418 e. The second kappa shape index (κ2) is 5.16. The number of carbonyl (C=O) groups excluding carboxylic acids is 2. The van der Waals surface area contributed by atoms with Gasteiger partial charge in [0.2, 0.25) is 0 Å². The molecule has 1 rings (SSSR count). The van der Waals surface area contributed by atoms with Crippen molar-refractivity contribution in [1.82, 2.24) is 5.43 Å². The highest BCUT2D eigenvalue weighted by Gasteiger charge is 2.63. The first-order valence-corrected chi connectivity index (χ1v) is 5.42. The Labute approximate surface area is 106 Å². The van der Waals surface area contributed by atoms with E-state index < -0.39 is 36.0 Å². The lowest BCUT2D eigenvalue weighted by atomic mass is 9.81. The van der Waals surface area contributed by atoms with Crippen LogP contribution in [0.15, 0.2) is 5.10 Å². The van der Waals surface area contributed by atoms with Gasteiger partial charge in [0.25, 0.3) is 5.91 Å². The molecular formula is C10H13F3N2O4. The van der Waals surface area contributed by atoms with E-state index in [-0.39, 0.29) is 12.3 Å². The number of aliphatic hydroxyl groups is 1. The highest BCUT2D eigenvalue weighted by atomic mass is 19.4. The molecule has 9 heteroatoms. The number of nitrogens with one attached hydrogen (secondary N) is 1. The molecule has 0 aromatic heterocycles. The van der Waals surface area contributed by atoms with Crippen LogP contribution in [0.1, 0.15) is 20.3 Å². The molecule has 1 aliphatic rings. The molecule has 2 unspecified atom stereocenters. The third-order valence-electron chi connectivity index (χ3n) is 2.71. The second-order valence-corrected chi connectivity index (χ2v) is 4.07. The van der Waals surface area contributed by atoms with Crippen LogP contribution in [0.3, 0.4) is 0 Å². The topological polar surface area (TPSA) is 88.0 Å². The van der Waals surface area contributed by atoms with Crippen LogP contribution in [0.2, 0.25) is 0 Å². The number of hydrogen-bond donors (Lipinski definition) is 2. The van der Waals surface area contributed by atoms with E-state index in [0.717, 1.165) is 6.92 Å². The van der Waals surface area contributed by atoms with Crippen LogP contribution in [-0.2, 0) is 14.3 Å². The number of alkyl halides is 3. The SMILES string of the molecule is CCOC(=O)CC(O)(C1C(=O)NN=C1C)C(F)(F)F. The number of hydrazone groups is 1. The Morgan fingerprint density at radius 2 is 2.11 bits per heavy atom. The van der Waals surface area contributed by atoms with E-state index in [4.69, 9.17) is 0 Å². The third kappa shape index (κ3) is 2.86. The maximum absolute atomic E-state index is 13.0. The van der Waals surface area contributed by atoms with Gasteiger partial charge in [-0.25, -0.2) is 5.43 Å². The Morgan fingerprint density at radius 3 is 2.47 bits per heavy atom. The lowest BCUT2D eigenvalue weighted by molar-refractivity contribution is -0.271. The number of halogens is 3. The third-order valence-corrected chi connectivity index (χ3v) is 2.71. The fraction of sp³-hybridized carbons (Fsp3) is 0.700. The number of hydrogen-bond acceptors (Lipinski definition) is 5. The molecule has 19 heavy (non-hydrogen) atoms. The van der Waals surface area contributed by atoms with Crippen LogP contribution in [0.25, 0.3) is 0 Å². The zero-order chi connectivity index (χ0) is 14.8. The van der Waals surface area contributed by atoms with Gasteiger partial charge in [0.1, 0.15) is 5.92 Å². The van der Waals surface area contributed by atoms with Crippen molar-refractivity contribution in [3.05, 3.63) is 0 Å². The number of ether oxygens (including phenoxy) is 1. The van der Waals surface area contributed by atoms with Gasteiger partial charge in [-0.05, 0) is 13.8 Å². The molecule has 1 aliphatic heterocycles. The van der Waals surface area contributed by atoms with Crippen LogP contribution in [0.4, 0.5) is 13.2 Å². The summed E-state index contributed by atoms with van der Waals surface area (Å²) in [6.07, 6.45) is -6.54. The van der Waals surface area contributed by atoms with Gasteiger partial charge in [-0.1, -0.05) is 0 Å². The summed E-state index contributed by atoms with van der Waals surface area (Å²) in [5.74, 6) is -4.31. The van der Waals surface area contributed by atoms with Crippen LogP contribution < -0.4 is 5.43 Å². The van der Waals surface area contributed by atoms with Gasteiger partial charge in [0.15, 0.2) is 5.60 Å². The molecule has 0 fully saturated rings. The van der Waals surface area contributed by atoms with E-state index in [1.54, 1.807) is 0 Å². The van der Waals surface area contributed by atoms with Crippen molar-refractivity contribution in [3.8, 4) is 0 Å². The molecule has 2 N–H and O–H groups in total. The lowest BCUT2D eigenvalue weighted by Crippen LogP contribution is -2.57. The molecule has 1 heterocycles. The minimum Gasteiger partial charge on any atom is -0.466 e. The molecule has 2 atom stereocenters. The fourth-order valence-electron chi connectivity index (χ4n) is 1.82. The van der Waals surface area contributed by atoms with Crippen molar-refractivity contribution >= 4 is 17.6 Å². The normalized spacial score (nSPS) is 22.5. The first-order chi connectivity index (χ1) is 8.63. The largest absolute Gasteiger partial charge is 0.466 e. The average molecular weight is 282 g/mol. The maximum atomic E-state index is 13.0. The Kier molecular flexibility index (Phi) is 4.18. The van der Waals surface area contributed by atoms with Crippen molar-refractivity contribution in [1.29, 1.82) is 0 Å². The van der Waals surface area contributed by atoms with Gasteiger partial charge in [-0.2, -0.15) is 18.3 Å². The molecule has 0 bridgehead atoms. The predicted octanol–water partition coefficient (Wildman–Crippen LogP) is 0.355. The van der Waals surface area contributed by atoms with Crippen molar-refractivity contribution in [2.24, 2.45) is 11.0 Å². The summed E-state index contributed by atoms with van der Waals surface area (Å²) in [6, 6.07) is 0. The summed E-state index contributed by atoms with van der Waals surface area (Å²) >= 11 is 0. The summed E-state index contributed by atoms with van der Waals surface area (Å²) in [7, 11) is 0. The Hall–Kier alpha value is -1.64. The van der Waals surface area contributed by atoms with Crippen molar-refractivity contribution in [2.45, 2.75) is 32.0 Å². The molecule has 0 aromatic rings. The standard InChI is InChI=1S/C10H13F3N2O4/c1-3-19-6(16)4-9(18,10(11,12)13)7-5(2)14-15-8(7)17/h7,18H,3-4H2,1-2H3,(H,15,17). The lowest BCUT2D eigenvalue weighted by Gasteiger charge is -2.33. The van der Waals surface area contributed by atoms with E-state index in [2.05, 4.69) is 9.84 Å². The predicted molar refractivity (Wildman–Crippen MR) is 57.0 cm³/mol. The van der Waals surface area contributed by atoms with Gasteiger partial charge in [0.05, 0.1) is 18.7 Å². The van der Waals surface area contributed by atoms with Crippen LogP contribution in [0.5, 0.6) is 0 Å². The van der Waals surface area contributed by atoms with Gasteiger partial charge < -0.3 is 9.84 Å². The molecule has 0 radical (unpaired) electrons. The van der Waals surface area contributed by atoms with Crippen molar-refractivity contribution < 1.29 is 32.6 Å². The van der Waals surface area contributed by atoms with Gasteiger partial charge in [-0.15, -0.1) is 0 Å². The zero-order valence-electron chi connectivity index (χ0n) is 10.2. The Bertz CT molecular complexity index is 421. The fourth-order valence-corrected chi connectivity index (χ4v) is 1.82. The van der Waals surface area contributed by atoms with Crippen molar-refractivity contribution in [2.75, 3.05) is 6.61 Å². The molecule has 0 aliphatic carbocycles. The smallest absolute Gasteiger partial charge is 0.418 e. The van der Waals surface area contributed by atoms with E-state index in [0.29, 0.717) is 0 Å². The number of esters is 1. The average Bonchev–Trinajstić information content (AvgIpc) is 2.57. The molecular weight excluding hydrogens is 269 g/mol. The summed E-state index contributed by atoms with van der Waals surface area (Å²) in [5, 5.41) is 13.2. The second-order valence-electron chi connectivity index (χ2n) is 4.07. The molecule has 0 saturated heterocycles. The van der Waals surface area contributed by atoms with E-state index in [1.807, 2.05) is 5.43 Å². The molecule has 0 spiro atoms. The Balaban J connectivity index is 3.10. The van der Waals surface area contributed by atoms with Crippen molar-refractivity contribution in [3.63, 3.8) is 0 Å². The van der Waals surface area contributed by atoms with Crippen LogP contribution in [-0.4, -0.2) is 41.1 Å². The van der Waals surface area contributed by atoms with E-state index in [9.17, 15) is 27.9 Å². The minimum absolute atomic E-state index is 0.128. The highest BCUT2D eigenvalue weighted by Crippen LogP contribution is 2.41. The summed E-state index contributed by atoms with van der Waals surface area (Å²) in [6.45, 7) is 2.45.